The average molecular weight is 299 g/mol. The van der Waals surface area contributed by atoms with Gasteiger partial charge < -0.3 is 10.2 Å². The minimum atomic E-state index is -0.249. The molecular formula is C12H15BrN2O2. The lowest BCUT2D eigenvalue weighted by molar-refractivity contribution is -0.127. The lowest BCUT2D eigenvalue weighted by Crippen LogP contribution is -2.36. The van der Waals surface area contributed by atoms with E-state index in [2.05, 4.69) is 21.2 Å². The Bertz CT molecular complexity index is 444. The SMILES string of the molecule is Cc1ccc(C(=O)NCC(=O)N(C)C)cc1Br. The number of carbonyl (C=O) groups excluding carboxylic acids is 2. The molecule has 0 aliphatic carbocycles. The normalized spacial score (nSPS) is 9.88. The summed E-state index contributed by atoms with van der Waals surface area (Å²) in [4.78, 5) is 24.5. The van der Waals surface area contributed by atoms with Crippen molar-refractivity contribution in [1.29, 1.82) is 0 Å². The minimum Gasteiger partial charge on any atom is -0.347 e. The van der Waals surface area contributed by atoms with Gasteiger partial charge in [-0.2, -0.15) is 0 Å². The van der Waals surface area contributed by atoms with Crippen LogP contribution in [0.4, 0.5) is 0 Å². The molecule has 0 spiro atoms. The zero-order valence-electron chi connectivity index (χ0n) is 10.1. The molecule has 92 valence electrons. The summed E-state index contributed by atoms with van der Waals surface area (Å²) in [5, 5.41) is 2.58. The first-order chi connectivity index (χ1) is 7.91. The molecule has 0 aromatic heterocycles. The van der Waals surface area contributed by atoms with Gasteiger partial charge in [0.1, 0.15) is 0 Å². The first-order valence-electron chi connectivity index (χ1n) is 5.16. The molecule has 0 saturated heterocycles. The molecule has 0 aliphatic heterocycles. The van der Waals surface area contributed by atoms with Gasteiger partial charge in [-0.05, 0) is 24.6 Å². The molecule has 0 aliphatic rings. The molecule has 4 nitrogen and oxygen atoms in total. The standard InChI is InChI=1S/C12H15BrN2O2/c1-8-4-5-9(6-10(8)13)12(17)14-7-11(16)15(2)3/h4-6H,7H2,1-3H3,(H,14,17). The maximum absolute atomic E-state index is 11.7. The first-order valence-corrected chi connectivity index (χ1v) is 5.95. The van der Waals surface area contributed by atoms with Crippen molar-refractivity contribution in [2.75, 3.05) is 20.6 Å². The smallest absolute Gasteiger partial charge is 0.251 e. The lowest BCUT2D eigenvalue weighted by Gasteiger charge is -2.11. The predicted molar refractivity (Wildman–Crippen MR) is 69.9 cm³/mol. The molecule has 1 N–H and O–H groups in total. The molecule has 0 saturated carbocycles. The summed E-state index contributed by atoms with van der Waals surface area (Å²) >= 11 is 3.36. The molecule has 2 amide bonds. The van der Waals surface area contributed by atoms with Crippen LogP contribution in [-0.4, -0.2) is 37.4 Å². The van der Waals surface area contributed by atoms with Gasteiger partial charge in [0.05, 0.1) is 6.54 Å². The van der Waals surface area contributed by atoms with E-state index in [-0.39, 0.29) is 18.4 Å². The molecule has 5 heteroatoms. The summed E-state index contributed by atoms with van der Waals surface area (Å²) in [7, 11) is 3.30. The Morgan fingerprint density at radius 3 is 2.53 bits per heavy atom. The largest absolute Gasteiger partial charge is 0.347 e. The van der Waals surface area contributed by atoms with Crippen molar-refractivity contribution in [2.24, 2.45) is 0 Å². The van der Waals surface area contributed by atoms with Crippen LogP contribution in [0.1, 0.15) is 15.9 Å². The fraction of sp³-hybridized carbons (Fsp3) is 0.333. The van der Waals surface area contributed by atoms with Crippen LogP contribution in [0.25, 0.3) is 0 Å². The van der Waals surface area contributed by atoms with Gasteiger partial charge in [-0.1, -0.05) is 22.0 Å². The molecule has 1 aromatic rings. The third kappa shape index (κ3) is 3.85. The van der Waals surface area contributed by atoms with Crippen molar-refractivity contribution < 1.29 is 9.59 Å². The maximum Gasteiger partial charge on any atom is 0.251 e. The second kappa shape index (κ2) is 5.82. The highest BCUT2D eigenvalue weighted by Gasteiger charge is 2.09. The molecule has 1 rings (SSSR count). The topological polar surface area (TPSA) is 49.4 Å². The summed E-state index contributed by atoms with van der Waals surface area (Å²) in [6.45, 7) is 1.96. The van der Waals surface area contributed by atoms with Crippen LogP contribution in [0.3, 0.4) is 0 Å². The summed E-state index contributed by atoms with van der Waals surface area (Å²) < 4.78 is 0.879. The van der Waals surface area contributed by atoms with Crippen molar-refractivity contribution in [3.8, 4) is 0 Å². The Morgan fingerprint density at radius 2 is 2.00 bits per heavy atom. The fourth-order valence-electron chi connectivity index (χ4n) is 1.15. The van der Waals surface area contributed by atoms with Crippen LogP contribution >= 0.6 is 15.9 Å². The summed E-state index contributed by atoms with van der Waals surface area (Å²) in [5.41, 5.74) is 1.60. The Kier molecular flexibility index (Phi) is 4.69. The molecule has 0 fully saturated rings. The van der Waals surface area contributed by atoms with E-state index in [0.29, 0.717) is 5.56 Å². The Hall–Kier alpha value is -1.36. The number of amides is 2. The number of nitrogens with zero attached hydrogens (tertiary/aromatic N) is 1. The number of nitrogens with one attached hydrogen (secondary N) is 1. The van der Waals surface area contributed by atoms with Gasteiger partial charge in [0.25, 0.3) is 5.91 Å². The number of aryl methyl sites for hydroxylation is 1. The highest BCUT2D eigenvalue weighted by molar-refractivity contribution is 9.10. The minimum absolute atomic E-state index is 0.0112. The zero-order valence-corrected chi connectivity index (χ0v) is 11.7. The zero-order chi connectivity index (χ0) is 13.0. The van der Waals surface area contributed by atoms with Gasteiger partial charge >= 0.3 is 0 Å². The molecule has 0 unspecified atom stereocenters. The van der Waals surface area contributed by atoms with E-state index in [4.69, 9.17) is 0 Å². The number of benzene rings is 1. The van der Waals surface area contributed by atoms with Crippen molar-refractivity contribution in [2.45, 2.75) is 6.92 Å². The summed E-state index contributed by atoms with van der Waals surface area (Å²) in [5.74, 6) is -0.384. The van der Waals surface area contributed by atoms with Crippen LogP contribution in [0.15, 0.2) is 22.7 Å². The Balaban J connectivity index is 2.64. The van der Waals surface area contributed by atoms with E-state index in [1.165, 1.54) is 4.90 Å². The lowest BCUT2D eigenvalue weighted by atomic mass is 10.1. The van der Waals surface area contributed by atoms with Gasteiger partial charge in [0.2, 0.25) is 5.91 Å². The summed E-state index contributed by atoms with van der Waals surface area (Å²) in [6.07, 6.45) is 0. The number of likely N-dealkylation sites (N-methyl/N-ethyl adjacent to an activating group) is 1. The van der Waals surface area contributed by atoms with Crippen molar-refractivity contribution in [3.63, 3.8) is 0 Å². The van der Waals surface area contributed by atoms with Gasteiger partial charge in [-0.3, -0.25) is 9.59 Å². The van der Waals surface area contributed by atoms with E-state index in [0.717, 1.165) is 10.0 Å². The van der Waals surface area contributed by atoms with Crippen molar-refractivity contribution >= 4 is 27.7 Å². The highest BCUT2D eigenvalue weighted by Crippen LogP contribution is 2.17. The number of hydrogen-bond donors (Lipinski definition) is 1. The summed E-state index contributed by atoms with van der Waals surface area (Å²) in [6, 6.07) is 5.33. The second-order valence-corrected chi connectivity index (χ2v) is 4.79. The van der Waals surface area contributed by atoms with Gasteiger partial charge in [0.15, 0.2) is 0 Å². The third-order valence-electron chi connectivity index (χ3n) is 2.33. The van der Waals surface area contributed by atoms with Crippen LogP contribution in [0, 0.1) is 6.92 Å². The highest BCUT2D eigenvalue weighted by atomic mass is 79.9. The Morgan fingerprint density at radius 1 is 1.35 bits per heavy atom. The second-order valence-electron chi connectivity index (χ2n) is 3.93. The number of hydrogen-bond acceptors (Lipinski definition) is 2. The van der Waals surface area contributed by atoms with Crippen LogP contribution in [0.2, 0.25) is 0 Å². The number of halogens is 1. The van der Waals surface area contributed by atoms with Crippen molar-refractivity contribution in [1.82, 2.24) is 10.2 Å². The first kappa shape index (κ1) is 13.7. The molecule has 0 atom stereocenters. The van der Waals surface area contributed by atoms with E-state index in [9.17, 15) is 9.59 Å². The van der Waals surface area contributed by atoms with E-state index >= 15 is 0 Å². The van der Waals surface area contributed by atoms with E-state index in [1.807, 2.05) is 13.0 Å². The van der Waals surface area contributed by atoms with Gasteiger partial charge in [-0.15, -0.1) is 0 Å². The Labute approximate surface area is 109 Å². The molecule has 0 bridgehead atoms. The number of carbonyl (C=O) groups is 2. The quantitative estimate of drug-likeness (QED) is 0.921. The van der Waals surface area contributed by atoms with Crippen molar-refractivity contribution in [3.05, 3.63) is 33.8 Å². The molecule has 1 aromatic carbocycles. The van der Waals surface area contributed by atoms with E-state index < -0.39 is 0 Å². The average Bonchev–Trinajstić information content (AvgIpc) is 2.28. The molecule has 17 heavy (non-hydrogen) atoms. The van der Waals surface area contributed by atoms with Gasteiger partial charge in [-0.25, -0.2) is 0 Å². The monoisotopic (exact) mass is 298 g/mol. The molecule has 0 radical (unpaired) electrons. The molecular weight excluding hydrogens is 284 g/mol. The molecule has 0 heterocycles. The van der Waals surface area contributed by atoms with Crippen LogP contribution < -0.4 is 5.32 Å². The predicted octanol–water partition coefficient (Wildman–Crippen LogP) is 1.58. The fourth-order valence-corrected chi connectivity index (χ4v) is 1.53. The maximum atomic E-state index is 11.7. The van der Waals surface area contributed by atoms with Crippen LogP contribution in [0.5, 0.6) is 0 Å². The van der Waals surface area contributed by atoms with E-state index in [1.54, 1.807) is 26.2 Å². The van der Waals surface area contributed by atoms with Gasteiger partial charge in [0, 0.05) is 24.1 Å². The third-order valence-corrected chi connectivity index (χ3v) is 3.19. The number of rotatable bonds is 3. The van der Waals surface area contributed by atoms with Crippen LogP contribution in [-0.2, 0) is 4.79 Å².